The van der Waals surface area contributed by atoms with Crippen LogP contribution < -0.4 is 5.69 Å². The fourth-order valence-electron chi connectivity index (χ4n) is 2.38. The molecular weight excluding hydrogens is 278 g/mol. The molecule has 1 aromatic carbocycles. The molecular formula is C14H14ClN3O2. The highest BCUT2D eigenvalue weighted by atomic mass is 35.5. The molecule has 6 heteroatoms. The van der Waals surface area contributed by atoms with Gasteiger partial charge < -0.3 is 15.1 Å². The van der Waals surface area contributed by atoms with Crippen molar-refractivity contribution in [3.05, 3.63) is 51.2 Å². The second-order valence-corrected chi connectivity index (χ2v) is 5.17. The van der Waals surface area contributed by atoms with Gasteiger partial charge in [-0.1, -0.05) is 23.7 Å². The Morgan fingerprint density at radius 1 is 1.35 bits per heavy atom. The molecule has 0 unspecified atom stereocenters. The van der Waals surface area contributed by atoms with Crippen molar-refractivity contribution in [3.63, 3.8) is 0 Å². The first-order valence-corrected chi connectivity index (χ1v) is 6.67. The predicted molar refractivity (Wildman–Crippen MR) is 78.4 cm³/mol. The van der Waals surface area contributed by atoms with Gasteiger partial charge in [-0.05, 0) is 24.5 Å². The molecule has 0 aliphatic heterocycles. The molecule has 2 heterocycles. The van der Waals surface area contributed by atoms with Gasteiger partial charge in [0.25, 0.3) is 0 Å². The summed E-state index contributed by atoms with van der Waals surface area (Å²) in [5.41, 5.74) is 2.26. The Hall–Kier alpha value is -2.14. The lowest BCUT2D eigenvalue weighted by Crippen LogP contribution is -2.11. The van der Waals surface area contributed by atoms with Crippen molar-refractivity contribution in [1.29, 1.82) is 0 Å². The zero-order valence-corrected chi connectivity index (χ0v) is 11.7. The molecule has 3 rings (SSSR count). The smallest absolute Gasteiger partial charge is 0.328 e. The first-order chi connectivity index (χ1) is 9.58. The van der Waals surface area contributed by atoms with Gasteiger partial charge in [0.1, 0.15) is 0 Å². The number of fused-ring (bicyclic) bond motifs is 1. The average molecular weight is 292 g/mol. The first kappa shape index (κ1) is 12.9. The SMILES string of the molecule is Cn1c(O)c(CCc2c[nH]c3c(Cl)cccc23)[nH]c1=O. The lowest BCUT2D eigenvalue weighted by atomic mass is 10.1. The molecule has 3 N–H and O–H groups in total. The van der Waals surface area contributed by atoms with E-state index in [1.54, 1.807) is 0 Å². The van der Waals surface area contributed by atoms with Gasteiger partial charge in [-0.3, -0.25) is 4.57 Å². The van der Waals surface area contributed by atoms with E-state index in [1.807, 2.05) is 24.4 Å². The Morgan fingerprint density at radius 3 is 2.85 bits per heavy atom. The zero-order chi connectivity index (χ0) is 14.3. The Balaban J connectivity index is 1.89. The van der Waals surface area contributed by atoms with E-state index >= 15 is 0 Å². The number of nitrogens with one attached hydrogen (secondary N) is 2. The number of para-hydroxylation sites is 1. The van der Waals surface area contributed by atoms with Crippen molar-refractivity contribution in [1.82, 2.24) is 14.5 Å². The fourth-order valence-corrected chi connectivity index (χ4v) is 2.61. The Labute approximate surface area is 119 Å². The predicted octanol–water partition coefficient (Wildman–Crippen LogP) is 2.34. The number of aryl methyl sites for hydroxylation is 2. The van der Waals surface area contributed by atoms with Crippen molar-refractivity contribution < 1.29 is 5.11 Å². The largest absolute Gasteiger partial charge is 0.493 e. The standard InChI is InChI=1S/C14H14ClN3O2/c1-18-13(19)11(17-14(18)20)6-5-8-7-16-12-9(8)3-2-4-10(12)15/h2-4,7,16,19H,5-6H2,1H3,(H,17,20). The summed E-state index contributed by atoms with van der Waals surface area (Å²) in [6.45, 7) is 0. The van der Waals surface area contributed by atoms with Crippen LogP contribution in [-0.2, 0) is 19.9 Å². The summed E-state index contributed by atoms with van der Waals surface area (Å²) in [6.07, 6.45) is 3.17. The van der Waals surface area contributed by atoms with Crippen LogP contribution in [0.5, 0.6) is 5.88 Å². The molecule has 0 saturated carbocycles. The molecule has 2 aromatic heterocycles. The number of hydrogen-bond acceptors (Lipinski definition) is 2. The lowest BCUT2D eigenvalue weighted by Gasteiger charge is -2.00. The number of hydrogen-bond donors (Lipinski definition) is 3. The number of rotatable bonds is 3. The number of aromatic hydroxyl groups is 1. The summed E-state index contributed by atoms with van der Waals surface area (Å²) in [5.74, 6) is -0.00660. The van der Waals surface area contributed by atoms with Crippen LogP contribution in [0.25, 0.3) is 10.9 Å². The summed E-state index contributed by atoms with van der Waals surface area (Å²) in [7, 11) is 1.53. The highest BCUT2D eigenvalue weighted by Crippen LogP contribution is 2.26. The third-order valence-corrected chi connectivity index (χ3v) is 3.86. The Kier molecular flexibility index (Phi) is 3.06. The molecule has 0 saturated heterocycles. The number of nitrogens with zero attached hydrogens (tertiary/aromatic N) is 1. The van der Waals surface area contributed by atoms with E-state index < -0.39 is 0 Å². The van der Waals surface area contributed by atoms with E-state index in [0.717, 1.165) is 16.5 Å². The maximum absolute atomic E-state index is 11.4. The summed E-state index contributed by atoms with van der Waals surface area (Å²) < 4.78 is 1.20. The summed E-state index contributed by atoms with van der Waals surface area (Å²) in [5, 5.41) is 11.6. The van der Waals surface area contributed by atoms with E-state index in [-0.39, 0.29) is 11.6 Å². The maximum Gasteiger partial charge on any atom is 0.328 e. The third-order valence-electron chi connectivity index (χ3n) is 3.54. The van der Waals surface area contributed by atoms with Gasteiger partial charge in [-0.2, -0.15) is 0 Å². The maximum atomic E-state index is 11.4. The van der Waals surface area contributed by atoms with Crippen LogP contribution in [0.2, 0.25) is 5.02 Å². The van der Waals surface area contributed by atoms with Gasteiger partial charge >= 0.3 is 5.69 Å². The van der Waals surface area contributed by atoms with Crippen molar-refractivity contribution >= 4 is 22.5 Å². The quantitative estimate of drug-likeness (QED) is 0.693. The molecule has 3 aromatic rings. The van der Waals surface area contributed by atoms with E-state index in [1.165, 1.54) is 11.6 Å². The summed E-state index contributed by atoms with van der Waals surface area (Å²) in [6, 6.07) is 5.75. The van der Waals surface area contributed by atoms with Crippen LogP contribution in [0.15, 0.2) is 29.2 Å². The third kappa shape index (κ3) is 2.00. The summed E-state index contributed by atoms with van der Waals surface area (Å²) in [4.78, 5) is 17.2. The minimum atomic E-state index is -0.306. The van der Waals surface area contributed by atoms with Gasteiger partial charge in [0.2, 0.25) is 5.88 Å². The monoisotopic (exact) mass is 291 g/mol. The van der Waals surface area contributed by atoms with E-state index in [4.69, 9.17) is 11.6 Å². The molecule has 0 bridgehead atoms. The number of halogens is 1. The van der Waals surface area contributed by atoms with E-state index in [2.05, 4.69) is 9.97 Å². The number of benzene rings is 1. The van der Waals surface area contributed by atoms with Gasteiger partial charge in [0.05, 0.1) is 16.2 Å². The molecule has 20 heavy (non-hydrogen) atoms. The normalized spacial score (nSPS) is 11.3. The zero-order valence-electron chi connectivity index (χ0n) is 10.9. The first-order valence-electron chi connectivity index (χ1n) is 6.29. The molecule has 0 aliphatic rings. The number of H-pyrrole nitrogens is 2. The summed E-state index contributed by atoms with van der Waals surface area (Å²) >= 11 is 6.11. The Morgan fingerprint density at radius 2 is 2.15 bits per heavy atom. The van der Waals surface area contributed by atoms with Crippen LogP contribution in [-0.4, -0.2) is 19.6 Å². The number of aromatic amines is 2. The van der Waals surface area contributed by atoms with Gasteiger partial charge in [0.15, 0.2) is 0 Å². The van der Waals surface area contributed by atoms with Crippen LogP contribution in [0, 0.1) is 0 Å². The average Bonchev–Trinajstić information content (AvgIpc) is 2.95. The molecule has 0 aliphatic carbocycles. The van der Waals surface area contributed by atoms with Gasteiger partial charge in [0, 0.05) is 18.6 Å². The van der Waals surface area contributed by atoms with Crippen molar-refractivity contribution in [2.45, 2.75) is 12.8 Å². The lowest BCUT2D eigenvalue weighted by molar-refractivity contribution is 0.423. The molecule has 5 nitrogen and oxygen atoms in total. The van der Waals surface area contributed by atoms with E-state index in [0.29, 0.717) is 23.6 Å². The molecule has 0 amide bonds. The van der Waals surface area contributed by atoms with Crippen molar-refractivity contribution in [3.8, 4) is 5.88 Å². The number of imidazole rings is 1. The molecule has 104 valence electrons. The van der Waals surface area contributed by atoms with Crippen LogP contribution >= 0.6 is 11.6 Å². The van der Waals surface area contributed by atoms with Crippen molar-refractivity contribution in [2.75, 3.05) is 0 Å². The minimum absolute atomic E-state index is 0.00660. The molecule has 0 spiro atoms. The van der Waals surface area contributed by atoms with Crippen molar-refractivity contribution in [2.24, 2.45) is 7.05 Å². The number of aromatic nitrogens is 3. The second kappa shape index (κ2) is 4.76. The molecule has 0 radical (unpaired) electrons. The molecule has 0 atom stereocenters. The highest BCUT2D eigenvalue weighted by Gasteiger charge is 2.11. The Bertz CT molecular complexity index is 829. The molecule has 0 fully saturated rings. The van der Waals surface area contributed by atoms with Crippen LogP contribution in [0.3, 0.4) is 0 Å². The fraction of sp³-hybridized carbons (Fsp3) is 0.214. The minimum Gasteiger partial charge on any atom is -0.493 e. The topological polar surface area (TPSA) is 73.8 Å². The van der Waals surface area contributed by atoms with Gasteiger partial charge in [-0.25, -0.2) is 4.79 Å². The highest BCUT2D eigenvalue weighted by molar-refractivity contribution is 6.35. The van der Waals surface area contributed by atoms with Gasteiger partial charge in [-0.15, -0.1) is 0 Å². The van der Waals surface area contributed by atoms with Crippen LogP contribution in [0.4, 0.5) is 0 Å². The second-order valence-electron chi connectivity index (χ2n) is 4.77. The van der Waals surface area contributed by atoms with Crippen LogP contribution in [0.1, 0.15) is 11.3 Å². The van der Waals surface area contributed by atoms with E-state index in [9.17, 15) is 9.90 Å².